The molecular weight excluding hydrogens is 476 g/mol. The number of para-hydroxylation sites is 1. The Kier molecular flexibility index (Phi) is 6.27. The van der Waals surface area contributed by atoms with E-state index in [-0.39, 0.29) is 45.5 Å². The second-order valence-electron chi connectivity index (χ2n) is 7.27. The lowest BCUT2D eigenvalue weighted by Crippen LogP contribution is -2.28. The molecule has 1 heterocycles. The molecule has 0 unspecified atom stereocenters. The highest BCUT2D eigenvalue weighted by atomic mass is 35.5. The largest absolute Gasteiger partial charge is 0.494 e. The standard InChI is InChI=1S/C23H18ClF2NO5S/c1-31-22-17(24)9-13-10-21(22)33(29,30)12-14-8-16(19(26)11-18(14)25)15-4-2-3-5-20(15)32-7-6-27-23(13)28/h2-5,8-11H,6-7,12H2,1H3,(H,27,28). The Balaban J connectivity index is 1.94. The third kappa shape index (κ3) is 4.51. The van der Waals surface area contributed by atoms with Crippen molar-refractivity contribution >= 4 is 27.3 Å². The fourth-order valence-electron chi connectivity index (χ4n) is 3.56. The molecular formula is C23H18ClF2NO5S. The van der Waals surface area contributed by atoms with Crippen LogP contribution in [0.3, 0.4) is 0 Å². The van der Waals surface area contributed by atoms with Crippen molar-refractivity contribution < 1.29 is 31.5 Å². The smallest absolute Gasteiger partial charge is 0.251 e. The van der Waals surface area contributed by atoms with Gasteiger partial charge in [0.15, 0.2) is 15.6 Å². The van der Waals surface area contributed by atoms with Crippen LogP contribution >= 0.6 is 11.6 Å². The van der Waals surface area contributed by atoms with Gasteiger partial charge < -0.3 is 14.8 Å². The Morgan fingerprint density at radius 1 is 1.06 bits per heavy atom. The number of methoxy groups -OCH3 is 1. The van der Waals surface area contributed by atoms with E-state index in [1.807, 2.05) is 0 Å². The summed E-state index contributed by atoms with van der Waals surface area (Å²) in [7, 11) is -3.03. The zero-order valence-electron chi connectivity index (χ0n) is 17.3. The summed E-state index contributed by atoms with van der Waals surface area (Å²) in [6, 6.07) is 10.7. The zero-order chi connectivity index (χ0) is 23.8. The molecule has 172 valence electrons. The number of hydrogen-bond donors (Lipinski definition) is 1. The van der Waals surface area contributed by atoms with E-state index in [1.165, 1.54) is 13.2 Å². The molecule has 0 aliphatic carbocycles. The molecule has 0 radical (unpaired) electrons. The quantitative estimate of drug-likeness (QED) is 0.543. The number of amides is 1. The average molecular weight is 494 g/mol. The Hall–Kier alpha value is -3.17. The number of rotatable bonds is 1. The van der Waals surface area contributed by atoms with Crippen LogP contribution in [0.2, 0.25) is 5.02 Å². The summed E-state index contributed by atoms with van der Waals surface area (Å²) in [5, 5.41) is 2.52. The van der Waals surface area contributed by atoms with E-state index in [4.69, 9.17) is 21.1 Å². The number of carbonyl (C=O) groups is 1. The highest BCUT2D eigenvalue weighted by Crippen LogP contribution is 2.37. The molecule has 0 aromatic heterocycles. The van der Waals surface area contributed by atoms with Crippen LogP contribution in [0.15, 0.2) is 53.4 Å². The predicted octanol–water partition coefficient (Wildman–Crippen LogP) is 4.39. The number of carbonyl (C=O) groups excluding carboxylic acids is 1. The molecule has 10 heteroatoms. The SMILES string of the molecule is COc1c(Cl)cc2cc1S(=O)(=O)Cc1cc(c(F)cc1F)-c1ccccc1OCCNC2=O. The van der Waals surface area contributed by atoms with Crippen LogP contribution in [-0.4, -0.2) is 34.6 Å². The molecule has 1 amide bonds. The first-order chi connectivity index (χ1) is 15.7. The molecule has 3 aromatic rings. The number of halogens is 3. The maximum Gasteiger partial charge on any atom is 0.251 e. The summed E-state index contributed by atoms with van der Waals surface area (Å²) in [6.45, 7) is 0.128. The fraction of sp³-hybridized carbons (Fsp3) is 0.174. The van der Waals surface area contributed by atoms with Crippen molar-refractivity contribution in [2.75, 3.05) is 20.3 Å². The van der Waals surface area contributed by atoms with Crippen molar-refractivity contribution in [3.05, 3.63) is 76.3 Å². The number of ether oxygens (including phenoxy) is 2. The van der Waals surface area contributed by atoms with E-state index in [0.29, 0.717) is 17.4 Å². The van der Waals surface area contributed by atoms with Crippen molar-refractivity contribution in [3.8, 4) is 22.6 Å². The molecule has 0 spiro atoms. The van der Waals surface area contributed by atoms with E-state index in [2.05, 4.69) is 5.32 Å². The topological polar surface area (TPSA) is 81.7 Å². The molecule has 0 atom stereocenters. The first-order valence-electron chi connectivity index (χ1n) is 9.80. The molecule has 3 aromatic carbocycles. The van der Waals surface area contributed by atoms with Gasteiger partial charge in [0.1, 0.15) is 28.9 Å². The summed E-state index contributed by atoms with van der Waals surface area (Å²) in [5.41, 5.74) is 0.0184. The molecule has 0 fully saturated rings. The first kappa shape index (κ1) is 23.0. The van der Waals surface area contributed by atoms with Crippen LogP contribution < -0.4 is 14.8 Å². The van der Waals surface area contributed by atoms with Crippen LogP contribution in [0.1, 0.15) is 15.9 Å². The summed E-state index contributed by atoms with van der Waals surface area (Å²) < 4.78 is 66.8. The average Bonchev–Trinajstić information content (AvgIpc) is 2.77. The zero-order valence-corrected chi connectivity index (χ0v) is 18.9. The molecule has 4 bridgehead atoms. The second kappa shape index (κ2) is 8.99. The minimum atomic E-state index is -4.26. The van der Waals surface area contributed by atoms with Crippen LogP contribution in [0.25, 0.3) is 11.1 Å². The van der Waals surface area contributed by atoms with Crippen LogP contribution in [0, 0.1) is 11.6 Å². The maximum absolute atomic E-state index is 14.7. The summed E-state index contributed by atoms with van der Waals surface area (Å²) in [4.78, 5) is 12.2. The lowest BCUT2D eigenvalue weighted by molar-refractivity contribution is 0.0946. The molecule has 1 N–H and O–H groups in total. The van der Waals surface area contributed by atoms with Gasteiger partial charge in [-0.3, -0.25) is 4.79 Å². The van der Waals surface area contributed by atoms with Gasteiger partial charge in [-0.05, 0) is 24.3 Å². The molecule has 1 aliphatic heterocycles. The van der Waals surface area contributed by atoms with Crippen LogP contribution in [0.4, 0.5) is 8.78 Å². The van der Waals surface area contributed by atoms with Gasteiger partial charge in [0, 0.05) is 28.3 Å². The molecule has 4 rings (SSSR count). The summed E-state index contributed by atoms with van der Waals surface area (Å²) in [5.74, 6) is -3.17. The lowest BCUT2D eigenvalue weighted by Gasteiger charge is -2.14. The fourth-order valence-corrected chi connectivity index (χ4v) is 5.49. The van der Waals surface area contributed by atoms with Gasteiger partial charge >= 0.3 is 0 Å². The van der Waals surface area contributed by atoms with Crippen LogP contribution in [-0.2, 0) is 15.6 Å². The third-order valence-electron chi connectivity index (χ3n) is 5.11. The van der Waals surface area contributed by atoms with Gasteiger partial charge in [-0.1, -0.05) is 29.8 Å². The number of fused-ring (bicyclic) bond motifs is 6. The Morgan fingerprint density at radius 2 is 1.82 bits per heavy atom. The monoisotopic (exact) mass is 493 g/mol. The minimum absolute atomic E-state index is 0.0186. The van der Waals surface area contributed by atoms with E-state index in [9.17, 15) is 22.0 Å². The summed E-state index contributed by atoms with van der Waals surface area (Å²) in [6.07, 6.45) is 0. The molecule has 0 saturated carbocycles. The maximum atomic E-state index is 14.7. The number of nitrogens with one attached hydrogen (secondary N) is 1. The van der Waals surface area contributed by atoms with Crippen LogP contribution in [0.5, 0.6) is 11.5 Å². The van der Waals surface area contributed by atoms with Crippen molar-refractivity contribution in [1.29, 1.82) is 0 Å². The van der Waals surface area contributed by atoms with E-state index in [1.54, 1.807) is 24.3 Å². The van der Waals surface area contributed by atoms with Gasteiger partial charge in [-0.15, -0.1) is 0 Å². The van der Waals surface area contributed by atoms with Gasteiger partial charge in [0.25, 0.3) is 5.91 Å². The van der Waals surface area contributed by atoms with Crippen molar-refractivity contribution in [2.24, 2.45) is 0 Å². The Morgan fingerprint density at radius 3 is 2.58 bits per heavy atom. The normalized spacial score (nSPS) is 15.3. The predicted molar refractivity (Wildman–Crippen MR) is 119 cm³/mol. The number of benzene rings is 3. The van der Waals surface area contributed by atoms with E-state index >= 15 is 0 Å². The summed E-state index contributed by atoms with van der Waals surface area (Å²) >= 11 is 6.18. The highest BCUT2D eigenvalue weighted by molar-refractivity contribution is 7.90. The lowest BCUT2D eigenvalue weighted by atomic mass is 10.0. The van der Waals surface area contributed by atoms with Crippen molar-refractivity contribution in [2.45, 2.75) is 10.6 Å². The molecule has 0 saturated heterocycles. The highest BCUT2D eigenvalue weighted by Gasteiger charge is 2.27. The molecule has 6 nitrogen and oxygen atoms in total. The van der Waals surface area contributed by atoms with E-state index in [0.717, 1.165) is 12.1 Å². The van der Waals surface area contributed by atoms with Gasteiger partial charge in [0.2, 0.25) is 0 Å². The molecule has 1 aliphatic rings. The Bertz CT molecular complexity index is 1360. The van der Waals surface area contributed by atoms with E-state index < -0.39 is 33.1 Å². The van der Waals surface area contributed by atoms with Gasteiger partial charge in [-0.25, -0.2) is 17.2 Å². The molecule has 33 heavy (non-hydrogen) atoms. The van der Waals surface area contributed by atoms with Gasteiger partial charge in [0.05, 0.1) is 24.4 Å². The minimum Gasteiger partial charge on any atom is -0.494 e. The Labute approximate surface area is 194 Å². The third-order valence-corrected chi connectivity index (χ3v) is 7.06. The van der Waals surface area contributed by atoms with Crippen molar-refractivity contribution in [3.63, 3.8) is 0 Å². The van der Waals surface area contributed by atoms with Gasteiger partial charge in [-0.2, -0.15) is 0 Å². The number of hydrogen-bond acceptors (Lipinski definition) is 5. The second-order valence-corrected chi connectivity index (χ2v) is 9.64. The number of sulfone groups is 1. The first-order valence-corrected chi connectivity index (χ1v) is 11.8. The van der Waals surface area contributed by atoms with Crippen molar-refractivity contribution in [1.82, 2.24) is 5.32 Å².